The van der Waals surface area contributed by atoms with E-state index in [-0.39, 0.29) is 30.3 Å². The number of fused-ring (bicyclic) bond motifs is 1. The van der Waals surface area contributed by atoms with Gasteiger partial charge in [-0.25, -0.2) is 0 Å². The van der Waals surface area contributed by atoms with Crippen LogP contribution in [0.3, 0.4) is 0 Å². The minimum atomic E-state index is -0.884. The van der Waals surface area contributed by atoms with Crippen molar-refractivity contribution in [1.29, 1.82) is 0 Å². The standard InChI is InChI=1S/C27H39BrN4O4/c1-15(11-16(2)13-18(4)33)12-17(3)26(35)30-19(5)27(36)32(6)23(25(29)34)14-21-20-9-7-8-10-22(20)31-24(21)28/h7-11,16-19,23,31,33H,12-14H2,1-6H3,(H2,29,34)(H,30,35)/b15-11+/t16-,17-,18-,19-,23+/m0/s1. The summed E-state index contributed by atoms with van der Waals surface area (Å²) in [7, 11) is 1.53. The summed E-state index contributed by atoms with van der Waals surface area (Å²) < 4.78 is 0.733. The Kier molecular flexibility index (Phi) is 10.7. The number of aromatic amines is 1. The number of nitrogens with two attached hydrogens (primary N) is 1. The van der Waals surface area contributed by atoms with Crippen LogP contribution in [-0.2, 0) is 20.8 Å². The van der Waals surface area contributed by atoms with Crippen LogP contribution in [0.5, 0.6) is 0 Å². The van der Waals surface area contributed by atoms with Gasteiger partial charge < -0.3 is 26.0 Å². The van der Waals surface area contributed by atoms with Gasteiger partial charge in [0, 0.05) is 30.3 Å². The second kappa shape index (κ2) is 13.1. The van der Waals surface area contributed by atoms with Crippen molar-refractivity contribution < 1.29 is 19.5 Å². The van der Waals surface area contributed by atoms with Gasteiger partial charge >= 0.3 is 0 Å². The van der Waals surface area contributed by atoms with E-state index in [0.29, 0.717) is 12.8 Å². The molecule has 0 aliphatic heterocycles. The van der Waals surface area contributed by atoms with E-state index in [1.165, 1.54) is 11.9 Å². The van der Waals surface area contributed by atoms with E-state index in [2.05, 4.69) is 32.3 Å². The molecular formula is C27H39BrN4O4. The van der Waals surface area contributed by atoms with Gasteiger partial charge in [0.15, 0.2) is 0 Å². The second-order valence-electron chi connectivity index (χ2n) is 9.95. The Morgan fingerprint density at radius 2 is 1.83 bits per heavy atom. The number of hydrogen-bond donors (Lipinski definition) is 4. The fraction of sp³-hybridized carbons (Fsp3) is 0.519. The minimum absolute atomic E-state index is 0.206. The topological polar surface area (TPSA) is 129 Å². The predicted octanol–water partition coefficient (Wildman–Crippen LogP) is 3.67. The third-order valence-electron chi connectivity index (χ3n) is 6.39. The van der Waals surface area contributed by atoms with Crippen LogP contribution in [-0.4, -0.2) is 57.9 Å². The van der Waals surface area contributed by atoms with Crippen LogP contribution in [0.25, 0.3) is 10.9 Å². The summed E-state index contributed by atoms with van der Waals surface area (Å²) >= 11 is 3.51. The average Bonchev–Trinajstić information content (AvgIpc) is 3.09. The predicted molar refractivity (Wildman–Crippen MR) is 146 cm³/mol. The third-order valence-corrected chi connectivity index (χ3v) is 7.07. The van der Waals surface area contributed by atoms with Crippen LogP contribution < -0.4 is 11.1 Å². The molecule has 3 amide bonds. The van der Waals surface area contributed by atoms with E-state index in [4.69, 9.17) is 5.73 Å². The zero-order valence-corrected chi connectivity index (χ0v) is 23.6. The number of aromatic nitrogens is 1. The molecule has 0 saturated heterocycles. The molecule has 0 saturated carbocycles. The summed E-state index contributed by atoms with van der Waals surface area (Å²) in [6.45, 7) is 9.17. The van der Waals surface area contributed by atoms with E-state index < -0.39 is 23.9 Å². The molecule has 9 heteroatoms. The summed E-state index contributed by atoms with van der Waals surface area (Å²) in [6, 6.07) is 5.99. The fourth-order valence-corrected chi connectivity index (χ4v) is 5.19. The number of hydrogen-bond acceptors (Lipinski definition) is 4. The van der Waals surface area contributed by atoms with Gasteiger partial charge in [-0.1, -0.05) is 43.7 Å². The number of halogens is 1. The number of amides is 3. The number of nitrogens with zero attached hydrogens (tertiary/aromatic N) is 1. The number of aliphatic hydroxyl groups is 1. The van der Waals surface area contributed by atoms with E-state index in [1.54, 1.807) is 13.8 Å². The van der Waals surface area contributed by atoms with Gasteiger partial charge in [-0.2, -0.15) is 0 Å². The number of carbonyl (C=O) groups excluding carboxylic acids is 3. The summed E-state index contributed by atoms with van der Waals surface area (Å²) in [6.07, 6.45) is 3.12. The van der Waals surface area contributed by atoms with Crippen molar-refractivity contribution in [3.63, 3.8) is 0 Å². The molecule has 1 heterocycles. The highest BCUT2D eigenvalue weighted by Gasteiger charge is 2.31. The Hall–Kier alpha value is -2.65. The van der Waals surface area contributed by atoms with Gasteiger partial charge in [0.2, 0.25) is 17.7 Å². The first-order chi connectivity index (χ1) is 16.8. The lowest BCUT2D eigenvalue weighted by atomic mass is 9.95. The van der Waals surface area contributed by atoms with Gasteiger partial charge in [0.1, 0.15) is 12.1 Å². The summed E-state index contributed by atoms with van der Waals surface area (Å²) in [4.78, 5) is 42.8. The van der Waals surface area contributed by atoms with Gasteiger partial charge in [-0.3, -0.25) is 14.4 Å². The molecule has 198 valence electrons. The summed E-state index contributed by atoms with van der Waals surface area (Å²) in [5, 5.41) is 13.3. The Balaban J connectivity index is 2.05. The smallest absolute Gasteiger partial charge is 0.245 e. The average molecular weight is 564 g/mol. The van der Waals surface area contributed by atoms with E-state index >= 15 is 0 Å². The summed E-state index contributed by atoms with van der Waals surface area (Å²) in [5.74, 6) is -1.39. The highest BCUT2D eigenvalue weighted by molar-refractivity contribution is 9.10. The van der Waals surface area contributed by atoms with Crippen molar-refractivity contribution in [2.75, 3.05) is 7.05 Å². The third kappa shape index (κ3) is 7.93. The number of allylic oxidation sites excluding steroid dienone is 2. The van der Waals surface area contributed by atoms with Crippen molar-refractivity contribution in [2.45, 2.75) is 72.1 Å². The van der Waals surface area contributed by atoms with Crippen molar-refractivity contribution in [3.8, 4) is 0 Å². The monoisotopic (exact) mass is 562 g/mol. The number of benzene rings is 1. The van der Waals surface area contributed by atoms with E-state index in [1.807, 2.05) is 45.0 Å². The van der Waals surface area contributed by atoms with Gasteiger partial charge in [-0.15, -0.1) is 0 Å². The first-order valence-electron chi connectivity index (χ1n) is 12.3. The SMILES string of the molecule is C/C(=C\[C@H](C)C[C@H](C)O)C[C@H](C)C(=O)N[C@@H](C)C(=O)N(C)[C@H](Cc1c(Br)[nH]c2ccccc12)C(N)=O. The molecule has 0 aliphatic carbocycles. The van der Waals surface area contributed by atoms with Crippen LogP contribution in [0.2, 0.25) is 0 Å². The molecule has 0 unspecified atom stereocenters. The molecule has 0 spiro atoms. The van der Waals surface area contributed by atoms with Crippen molar-refractivity contribution >= 4 is 44.6 Å². The lowest BCUT2D eigenvalue weighted by Gasteiger charge is -2.29. The Morgan fingerprint density at radius 3 is 2.44 bits per heavy atom. The van der Waals surface area contributed by atoms with E-state index in [9.17, 15) is 19.5 Å². The molecule has 0 fully saturated rings. The molecule has 0 aliphatic rings. The zero-order valence-electron chi connectivity index (χ0n) is 22.0. The molecular weight excluding hydrogens is 524 g/mol. The number of nitrogens with one attached hydrogen (secondary N) is 2. The van der Waals surface area contributed by atoms with Crippen LogP contribution in [0.1, 0.15) is 53.0 Å². The highest BCUT2D eigenvalue weighted by Crippen LogP contribution is 2.28. The highest BCUT2D eigenvalue weighted by atomic mass is 79.9. The molecule has 1 aromatic heterocycles. The zero-order chi connectivity index (χ0) is 27.2. The van der Waals surface area contributed by atoms with Crippen molar-refractivity contribution in [2.24, 2.45) is 17.6 Å². The first-order valence-corrected chi connectivity index (χ1v) is 13.1. The molecule has 36 heavy (non-hydrogen) atoms. The maximum absolute atomic E-state index is 13.1. The van der Waals surface area contributed by atoms with E-state index in [0.717, 1.165) is 26.6 Å². The maximum atomic E-state index is 13.1. The van der Waals surface area contributed by atoms with Crippen LogP contribution >= 0.6 is 15.9 Å². The van der Waals surface area contributed by atoms with Crippen LogP contribution in [0.15, 0.2) is 40.5 Å². The number of para-hydroxylation sites is 1. The molecule has 2 rings (SSSR count). The summed E-state index contributed by atoms with van der Waals surface area (Å²) in [5.41, 5.74) is 8.51. The molecule has 5 atom stereocenters. The number of rotatable bonds is 12. The number of H-pyrrole nitrogens is 1. The molecule has 8 nitrogen and oxygen atoms in total. The van der Waals surface area contributed by atoms with Gasteiger partial charge in [0.05, 0.1) is 10.7 Å². The minimum Gasteiger partial charge on any atom is -0.393 e. The molecule has 5 N–H and O–H groups in total. The first kappa shape index (κ1) is 29.6. The molecule has 0 radical (unpaired) electrons. The lowest BCUT2D eigenvalue weighted by Crippen LogP contribution is -2.53. The number of primary amides is 1. The van der Waals surface area contributed by atoms with Gasteiger partial charge in [0.25, 0.3) is 0 Å². The van der Waals surface area contributed by atoms with Gasteiger partial charge in [-0.05, 0) is 67.1 Å². The normalized spacial score (nSPS) is 16.2. The maximum Gasteiger partial charge on any atom is 0.245 e. The Bertz CT molecular complexity index is 1110. The quantitative estimate of drug-likeness (QED) is 0.294. The Morgan fingerprint density at radius 1 is 1.19 bits per heavy atom. The number of aliphatic hydroxyl groups excluding tert-OH is 1. The van der Waals surface area contributed by atoms with Crippen molar-refractivity contribution in [1.82, 2.24) is 15.2 Å². The lowest BCUT2D eigenvalue weighted by molar-refractivity contribution is -0.140. The number of carbonyl (C=O) groups is 3. The fourth-order valence-electron chi connectivity index (χ4n) is 4.60. The second-order valence-corrected chi connectivity index (χ2v) is 10.7. The largest absolute Gasteiger partial charge is 0.393 e. The molecule has 1 aromatic carbocycles. The Labute approximate surface area is 221 Å². The van der Waals surface area contributed by atoms with Crippen LogP contribution in [0.4, 0.5) is 0 Å². The number of likely N-dealkylation sites (N-methyl/N-ethyl adjacent to an activating group) is 1. The van der Waals surface area contributed by atoms with Crippen molar-refractivity contribution in [3.05, 3.63) is 46.1 Å². The molecule has 0 bridgehead atoms. The van der Waals surface area contributed by atoms with Crippen LogP contribution in [0, 0.1) is 11.8 Å². The molecule has 2 aromatic rings.